The van der Waals surface area contributed by atoms with Gasteiger partial charge < -0.3 is 26.5 Å². The summed E-state index contributed by atoms with van der Waals surface area (Å²) in [6.45, 7) is 3.75. The molecule has 1 aliphatic heterocycles. The van der Waals surface area contributed by atoms with Crippen LogP contribution < -0.4 is 26.5 Å². The van der Waals surface area contributed by atoms with Crippen molar-refractivity contribution < 1.29 is 26.5 Å². The second-order valence-corrected chi connectivity index (χ2v) is 2.97. The fourth-order valence-electron chi connectivity index (χ4n) is 1.10. The summed E-state index contributed by atoms with van der Waals surface area (Å²) in [6, 6.07) is 8.52. The maximum absolute atomic E-state index is 5.44. The van der Waals surface area contributed by atoms with Crippen LogP contribution in [0.25, 0.3) is 0 Å². The molecule has 2 nitrogen and oxygen atoms in total. The number of hydrogen-bond acceptors (Lipinski definition) is 2. The molecule has 4 heteroatoms. The standard InChI is InChI=1S/C9H9O2.BrH.Mg/c1-9(2)10-7-5-3-4-6-8(7)11-9;;/h3-5H,1-2H3;1H;/q-1;;+2/p-1. The van der Waals surface area contributed by atoms with E-state index in [-0.39, 0.29) is 40.0 Å². The zero-order chi connectivity index (χ0) is 7.90. The van der Waals surface area contributed by atoms with Gasteiger partial charge in [-0.1, -0.05) is 0 Å². The molecule has 0 unspecified atom stereocenters. The average Bonchev–Trinajstić information content (AvgIpc) is 2.21. The zero-order valence-electron chi connectivity index (χ0n) is 7.63. The Morgan fingerprint density at radius 2 is 2.00 bits per heavy atom. The molecule has 0 bridgehead atoms. The number of hydrogen-bond donors (Lipinski definition) is 0. The van der Waals surface area contributed by atoms with Gasteiger partial charge in [-0.05, 0) is 0 Å². The van der Waals surface area contributed by atoms with Crippen molar-refractivity contribution in [3.63, 3.8) is 0 Å². The molecule has 0 saturated heterocycles. The van der Waals surface area contributed by atoms with Crippen molar-refractivity contribution in [3.05, 3.63) is 24.3 Å². The molecule has 66 valence electrons. The van der Waals surface area contributed by atoms with Crippen molar-refractivity contribution in [2.75, 3.05) is 0 Å². The van der Waals surface area contributed by atoms with Gasteiger partial charge in [0.2, 0.25) is 5.79 Å². The Balaban J connectivity index is 0.000000720. The third kappa shape index (κ3) is 2.76. The molecular weight excluding hydrogens is 244 g/mol. The van der Waals surface area contributed by atoms with Crippen LogP contribution in [0.5, 0.6) is 11.5 Å². The maximum atomic E-state index is 5.44. The number of halogens is 1. The molecule has 0 amide bonds. The van der Waals surface area contributed by atoms with E-state index in [1.807, 2.05) is 32.0 Å². The molecule has 2 rings (SSSR count). The first-order valence-corrected chi connectivity index (χ1v) is 3.56. The number of para-hydroxylation sites is 1. The van der Waals surface area contributed by atoms with Crippen molar-refractivity contribution in [3.8, 4) is 11.5 Å². The van der Waals surface area contributed by atoms with Crippen molar-refractivity contribution in [1.29, 1.82) is 0 Å². The van der Waals surface area contributed by atoms with E-state index in [0.717, 1.165) is 5.75 Å². The van der Waals surface area contributed by atoms with Crippen LogP contribution in [0.2, 0.25) is 0 Å². The van der Waals surface area contributed by atoms with Crippen molar-refractivity contribution >= 4 is 23.1 Å². The minimum Gasteiger partial charge on any atom is -1.00 e. The average molecular weight is 253 g/mol. The molecule has 1 aliphatic rings. The summed E-state index contributed by atoms with van der Waals surface area (Å²) in [5.41, 5.74) is 0. The second kappa shape index (κ2) is 4.53. The monoisotopic (exact) mass is 252 g/mol. The minimum absolute atomic E-state index is 0. The molecule has 0 spiro atoms. The van der Waals surface area contributed by atoms with Gasteiger partial charge in [0.1, 0.15) is 0 Å². The molecule has 0 radical (unpaired) electrons. The van der Waals surface area contributed by atoms with Gasteiger partial charge in [-0.2, -0.15) is 12.1 Å². The van der Waals surface area contributed by atoms with Gasteiger partial charge >= 0.3 is 23.1 Å². The molecule has 1 aromatic carbocycles. The van der Waals surface area contributed by atoms with Crippen LogP contribution in [-0.4, -0.2) is 28.8 Å². The second-order valence-electron chi connectivity index (χ2n) is 2.97. The molecule has 0 N–H and O–H groups in total. The Hall–Kier alpha value is 0.0662. The van der Waals surface area contributed by atoms with Crippen LogP contribution in [0.4, 0.5) is 0 Å². The first-order chi connectivity index (χ1) is 5.17. The number of fused-ring (bicyclic) bond motifs is 1. The molecule has 0 aromatic heterocycles. The van der Waals surface area contributed by atoms with E-state index in [0.29, 0.717) is 5.75 Å². The third-order valence-electron chi connectivity index (χ3n) is 1.49. The molecule has 0 atom stereocenters. The topological polar surface area (TPSA) is 18.5 Å². The summed E-state index contributed by atoms with van der Waals surface area (Å²) in [5.74, 6) is 0.954. The number of ether oxygens (including phenoxy) is 2. The molecule has 0 saturated carbocycles. The van der Waals surface area contributed by atoms with Crippen LogP contribution in [0.1, 0.15) is 13.8 Å². The predicted molar refractivity (Wildman–Crippen MR) is 46.4 cm³/mol. The Labute approximate surface area is 105 Å². The summed E-state index contributed by atoms with van der Waals surface area (Å²) in [5, 5.41) is 0. The summed E-state index contributed by atoms with van der Waals surface area (Å²) >= 11 is 0. The number of benzene rings is 1. The van der Waals surface area contributed by atoms with Gasteiger partial charge in [-0.3, -0.25) is 0 Å². The molecule has 13 heavy (non-hydrogen) atoms. The van der Waals surface area contributed by atoms with Crippen LogP contribution in [0.3, 0.4) is 0 Å². The van der Waals surface area contributed by atoms with Crippen LogP contribution in [0.15, 0.2) is 18.2 Å². The van der Waals surface area contributed by atoms with Crippen LogP contribution in [0, 0.1) is 6.07 Å². The number of rotatable bonds is 0. The molecular formula is C9H9BrMgO2. The van der Waals surface area contributed by atoms with E-state index < -0.39 is 5.79 Å². The smallest absolute Gasteiger partial charge is 1.00 e. The normalized spacial score (nSPS) is 15.5. The molecule has 1 heterocycles. The van der Waals surface area contributed by atoms with Gasteiger partial charge in [0.25, 0.3) is 0 Å². The van der Waals surface area contributed by atoms with Crippen molar-refractivity contribution in [2.24, 2.45) is 0 Å². The molecule has 0 aliphatic carbocycles. The fraction of sp³-hybridized carbons (Fsp3) is 0.333. The van der Waals surface area contributed by atoms with Gasteiger partial charge in [0.15, 0.2) is 0 Å². The third-order valence-corrected chi connectivity index (χ3v) is 1.49. The van der Waals surface area contributed by atoms with E-state index in [1.54, 1.807) is 0 Å². The van der Waals surface area contributed by atoms with Gasteiger partial charge in [-0.15, -0.1) is 12.1 Å². The summed E-state index contributed by atoms with van der Waals surface area (Å²) in [7, 11) is 0. The van der Waals surface area contributed by atoms with Gasteiger partial charge in [0.05, 0.1) is 11.5 Å². The van der Waals surface area contributed by atoms with Crippen LogP contribution in [-0.2, 0) is 0 Å². The SMILES string of the molecule is CC1(C)Oc2[c-]cccc2O1.[Br-].[Mg+2]. The largest absolute Gasteiger partial charge is 2.00 e. The summed E-state index contributed by atoms with van der Waals surface area (Å²) < 4.78 is 10.9. The first kappa shape index (κ1) is 13.1. The molecule has 1 aromatic rings. The predicted octanol–water partition coefficient (Wildman–Crippen LogP) is -1.38. The van der Waals surface area contributed by atoms with Crippen molar-refractivity contribution in [1.82, 2.24) is 0 Å². The maximum Gasteiger partial charge on any atom is 2.00 e. The first-order valence-electron chi connectivity index (χ1n) is 3.56. The Morgan fingerprint density at radius 1 is 1.31 bits per heavy atom. The van der Waals surface area contributed by atoms with E-state index in [9.17, 15) is 0 Å². The Bertz CT molecular complexity index is 262. The zero-order valence-corrected chi connectivity index (χ0v) is 10.6. The Morgan fingerprint density at radius 3 is 2.62 bits per heavy atom. The van der Waals surface area contributed by atoms with Crippen LogP contribution >= 0.6 is 0 Å². The summed E-state index contributed by atoms with van der Waals surface area (Å²) in [4.78, 5) is 0. The van der Waals surface area contributed by atoms with Gasteiger partial charge in [-0.25, -0.2) is 0 Å². The fourth-order valence-corrected chi connectivity index (χ4v) is 1.10. The Kier molecular flexibility index (Phi) is 4.55. The molecule has 0 fully saturated rings. The van der Waals surface area contributed by atoms with Crippen molar-refractivity contribution in [2.45, 2.75) is 19.6 Å². The van der Waals surface area contributed by atoms with E-state index >= 15 is 0 Å². The van der Waals surface area contributed by atoms with E-state index in [1.165, 1.54) is 0 Å². The quantitative estimate of drug-likeness (QED) is 0.419. The minimum atomic E-state index is -0.528. The van der Waals surface area contributed by atoms with E-state index in [2.05, 4.69) is 6.07 Å². The van der Waals surface area contributed by atoms with E-state index in [4.69, 9.17) is 9.47 Å². The van der Waals surface area contributed by atoms with Gasteiger partial charge in [0, 0.05) is 13.8 Å². The summed E-state index contributed by atoms with van der Waals surface area (Å²) in [6.07, 6.45) is 0.